The van der Waals surface area contributed by atoms with Crippen LogP contribution in [-0.4, -0.2) is 16.9 Å². The number of carbonyl (C=O) groups excluding carboxylic acids is 2. The Hall–Kier alpha value is -4.59. The smallest absolute Gasteiger partial charge is 0.323 e. The Morgan fingerprint density at radius 3 is 2.59 bits per heavy atom. The third-order valence-corrected chi connectivity index (χ3v) is 4.69. The van der Waals surface area contributed by atoms with E-state index in [1.807, 2.05) is 30.4 Å². The summed E-state index contributed by atoms with van der Waals surface area (Å²) in [6, 6.07) is 11.6. The molecule has 0 bridgehead atoms. The Labute approximate surface area is 184 Å². The average Bonchev–Trinajstić information content (AvgIpc) is 3.03. The van der Waals surface area contributed by atoms with Crippen LogP contribution in [0.5, 0.6) is 11.5 Å². The van der Waals surface area contributed by atoms with E-state index < -0.39 is 5.91 Å². The first-order valence-electron chi connectivity index (χ1n) is 9.87. The molecule has 1 aliphatic rings. The van der Waals surface area contributed by atoms with E-state index >= 15 is 0 Å². The molecule has 3 aromatic rings. The zero-order valence-electron chi connectivity index (χ0n) is 17.0. The lowest BCUT2D eigenvalue weighted by molar-refractivity contribution is 0.0997. The van der Waals surface area contributed by atoms with Gasteiger partial charge in [0.15, 0.2) is 5.75 Å². The first kappa shape index (κ1) is 20.7. The van der Waals surface area contributed by atoms with Gasteiger partial charge < -0.3 is 26.8 Å². The molecule has 0 unspecified atom stereocenters. The molecule has 0 saturated carbocycles. The number of carbonyl (C=O) groups is 2. The molecule has 0 spiro atoms. The fourth-order valence-corrected chi connectivity index (χ4v) is 3.20. The molecule has 160 valence electrons. The molecular weight excluding hydrogens is 406 g/mol. The minimum absolute atomic E-state index is 0.124. The van der Waals surface area contributed by atoms with Crippen LogP contribution in [-0.2, 0) is 0 Å². The molecule has 6 N–H and O–H groups in total. The van der Waals surface area contributed by atoms with Gasteiger partial charge in [-0.05, 0) is 61.0 Å². The van der Waals surface area contributed by atoms with Crippen LogP contribution < -0.4 is 26.8 Å². The fourth-order valence-electron chi connectivity index (χ4n) is 3.20. The van der Waals surface area contributed by atoms with Crippen LogP contribution in [0.15, 0.2) is 84.7 Å². The van der Waals surface area contributed by atoms with Crippen molar-refractivity contribution in [2.24, 2.45) is 5.73 Å². The summed E-state index contributed by atoms with van der Waals surface area (Å²) < 4.78 is 5.95. The lowest BCUT2D eigenvalue weighted by Gasteiger charge is -2.12. The minimum Gasteiger partial charge on any atom is -0.455 e. The van der Waals surface area contributed by atoms with Crippen molar-refractivity contribution < 1.29 is 14.3 Å². The van der Waals surface area contributed by atoms with Crippen molar-refractivity contribution in [3.63, 3.8) is 0 Å². The van der Waals surface area contributed by atoms with Gasteiger partial charge >= 0.3 is 6.03 Å². The van der Waals surface area contributed by atoms with Crippen LogP contribution in [0.3, 0.4) is 0 Å². The fraction of sp³-hybridized carbons (Fsp3) is 0.0417. The van der Waals surface area contributed by atoms with Crippen LogP contribution in [0.4, 0.5) is 16.2 Å². The third-order valence-electron chi connectivity index (χ3n) is 4.69. The van der Waals surface area contributed by atoms with E-state index in [-0.39, 0.29) is 11.7 Å². The molecule has 0 radical (unpaired) electrons. The van der Waals surface area contributed by atoms with Gasteiger partial charge in [-0.25, -0.2) is 9.78 Å². The second kappa shape index (κ2) is 9.05. The van der Waals surface area contributed by atoms with Crippen molar-refractivity contribution in [3.05, 3.63) is 90.4 Å². The Bertz CT molecular complexity index is 1280. The predicted octanol–water partition coefficient (Wildman–Crippen LogP) is 4.23. The van der Waals surface area contributed by atoms with Crippen LogP contribution in [0, 0.1) is 0 Å². The summed E-state index contributed by atoms with van der Waals surface area (Å²) in [5.74, 6) is 0.331. The van der Waals surface area contributed by atoms with Gasteiger partial charge in [0.05, 0.1) is 6.20 Å². The number of urea groups is 1. The number of anilines is 2. The lowest BCUT2D eigenvalue weighted by Crippen LogP contribution is -2.27. The number of benzene rings is 2. The number of amides is 3. The molecule has 4 rings (SSSR count). The zero-order chi connectivity index (χ0) is 22.5. The second-order valence-corrected chi connectivity index (χ2v) is 7.03. The normalized spacial score (nSPS) is 12.7. The van der Waals surface area contributed by atoms with E-state index in [1.165, 1.54) is 6.20 Å². The first-order valence-corrected chi connectivity index (χ1v) is 9.87. The van der Waals surface area contributed by atoms with Gasteiger partial charge in [-0.2, -0.15) is 0 Å². The maximum absolute atomic E-state index is 12.2. The average molecular weight is 427 g/mol. The van der Waals surface area contributed by atoms with E-state index in [0.717, 1.165) is 6.42 Å². The molecule has 8 heteroatoms. The molecule has 1 aliphatic carbocycles. The Kier molecular flexibility index (Phi) is 5.85. The van der Waals surface area contributed by atoms with Crippen LogP contribution in [0.1, 0.15) is 16.9 Å². The highest BCUT2D eigenvalue weighted by Crippen LogP contribution is 2.32. The van der Waals surface area contributed by atoms with E-state index in [4.69, 9.17) is 16.2 Å². The molecule has 0 atom stereocenters. The maximum atomic E-state index is 12.2. The monoisotopic (exact) mass is 427 g/mol. The maximum Gasteiger partial charge on any atom is 0.323 e. The number of ether oxygens (including phenoxy) is 1. The number of pyridine rings is 1. The quantitative estimate of drug-likeness (QED) is 0.452. The van der Waals surface area contributed by atoms with Gasteiger partial charge in [-0.3, -0.25) is 4.79 Å². The number of primary amides is 1. The molecular formula is C24H21N5O3. The number of nitrogens with zero attached hydrogens (tertiary/aromatic N) is 1. The Morgan fingerprint density at radius 1 is 1.00 bits per heavy atom. The summed E-state index contributed by atoms with van der Waals surface area (Å²) in [6.45, 7) is 0. The number of fused-ring (bicyclic) bond motifs is 1. The topological polar surface area (TPSA) is 132 Å². The van der Waals surface area contributed by atoms with E-state index in [2.05, 4.69) is 15.6 Å². The standard InChI is InChI=1S/C24H21N5O3/c25-15-7-12-19-20(13-15)22(23(26)30)27-14-21(19)32-18-10-8-17(9-11-18)29-24(31)28-16-5-3-1-2-4-6-16/h1,3-14H,2,25H2,(H2,26,30)(H2,28,29,31). The van der Waals surface area contributed by atoms with Crippen LogP contribution in [0.25, 0.3) is 10.8 Å². The number of nitrogens with two attached hydrogens (primary N) is 2. The Morgan fingerprint density at radius 2 is 1.81 bits per heavy atom. The molecule has 0 fully saturated rings. The van der Waals surface area contributed by atoms with Gasteiger partial charge in [0, 0.05) is 27.8 Å². The number of hydrogen-bond donors (Lipinski definition) is 4. The summed E-state index contributed by atoms with van der Waals surface area (Å²) in [7, 11) is 0. The van der Waals surface area contributed by atoms with E-state index in [0.29, 0.717) is 39.3 Å². The summed E-state index contributed by atoms with van der Waals surface area (Å²) in [5, 5.41) is 6.73. The minimum atomic E-state index is -0.646. The van der Waals surface area contributed by atoms with Crippen molar-refractivity contribution in [2.45, 2.75) is 6.42 Å². The highest BCUT2D eigenvalue weighted by molar-refractivity contribution is 6.07. The van der Waals surface area contributed by atoms with Gasteiger partial charge in [0.1, 0.15) is 11.4 Å². The van der Waals surface area contributed by atoms with E-state index in [9.17, 15) is 9.59 Å². The largest absolute Gasteiger partial charge is 0.455 e. The summed E-state index contributed by atoms with van der Waals surface area (Å²) in [4.78, 5) is 28.0. The van der Waals surface area contributed by atoms with Crippen molar-refractivity contribution in [1.82, 2.24) is 10.3 Å². The molecule has 3 amide bonds. The van der Waals surface area contributed by atoms with Gasteiger partial charge in [-0.15, -0.1) is 0 Å². The Balaban J connectivity index is 1.48. The zero-order valence-corrected chi connectivity index (χ0v) is 17.0. The molecule has 0 saturated heterocycles. The lowest BCUT2D eigenvalue weighted by atomic mass is 10.1. The van der Waals surface area contributed by atoms with Crippen molar-refractivity contribution in [3.8, 4) is 11.5 Å². The van der Waals surface area contributed by atoms with Crippen molar-refractivity contribution in [2.75, 3.05) is 11.1 Å². The highest BCUT2D eigenvalue weighted by atomic mass is 16.5. The van der Waals surface area contributed by atoms with Crippen molar-refractivity contribution in [1.29, 1.82) is 0 Å². The predicted molar refractivity (Wildman–Crippen MR) is 124 cm³/mol. The second-order valence-electron chi connectivity index (χ2n) is 7.03. The number of rotatable bonds is 5. The number of nitrogen functional groups attached to an aromatic ring is 1. The SMILES string of the molecule is NC(=O)c1ncc(Oc2ccc(NC(=O)NC3=CC=CCC=C3)cc2)c2ccc(N)cc12. The van der Waals surface area contributed by atoms with Gasteiger partial charge in [-0.1, -0.05) is 18.2 Å². The van der Waals surface area contributed by atoms with Gasteiger partial charge in [0.2, 0.25) is 0 Å². The van der Waals surface area contributed by atoms with Crippen LogP contribution in [0.2, 0.25) is 0 Å². The number of nitrogens with one attached hydrogen (secondary N) is 2. The number of hydrogen-bond acceptors (Lipinski definition) is 5. The third kappa shape index (κ3) is 4.76. The van der Waals surface area contributed by atoms with Crippen LogP contribution >= 0.6 is 0 Å². The van der Waals surface area contributed by atoms with Crippen molar-refractivity contribution >= 4 is 34.1 Å². The summed E-state index contributed by atoms with van der Waals surface area (Å²) in [6.07, 6.45) is 11.8. The number of allylic oxidation sites excluding steroid dienone is 5. The molecule has 0 aliphatic heterocycles. The summed E-state index contributed by atoms with van der Waals surface area (Å²) >= 11 is 0. The summed E-state index contributed by atoms with van der Waals surface area (Å²) in [5.41, 5.74) is 13.2. The molecule has 1 heterocycles. The molecule has 2 aromatic carbocycles. The molecule has 1 aromatic heterocycles. The highest BCUT2D eigenvalue weighted by Gasteiger charge is 2.13. The van der Waals surface area contributed by atoms with Gasteiger partial charge in [0.25, 0.3) is 5.91 Å². The first-order chi connectivity index (χ1) is 15.5. The molecule has 8 nitrogen and oxygen atoms in total. The van der Waals surface area contributed by atoms with E-state index in [1.54, 1.807) is 42.5 Å². The number of aromatic nitrogens is 1. The molecule has 32 heavy (non-hydrogen) atoms.